The number of aliphatic hydroxyl groups is 1. The lowest BCUT2D eigenvalue weighted by Crippen LogP contribution is -2.29. The van der Waals surface area contributed by atoms with Gasteiger partial charge in [0.15, 0.2) is 0 Å². The van der Waals surface area contributed by atoms with E-state index >= 15 is 0 Å². The molecule has 2 nitrogen and oxygen atoms in total. The van der Waals surface area contributed by atoms with Crippen LogP contribution in [-0.4, -0.2) is 5.11 Å². The first-order chi connectivity index (χ1) is 9.58. The molecule has 3 rings (SSSR count). The maximum absolute atomic E-state index is 10.8. The predicted molar refractivity (Wildman–Crippen MR) is 84.0 cm³/mol. The molecular formula is C15H11BrClNOS. The third-order valence-corrected chi connectivity index (χ3v) is 6.41. The second-order valence-corrected chi connectivity index (χ2v) is 7.45. The van der Waals surface area contributed by atoms with Crippen LogP contribution in [0.5, 0.6) is 0 Å². The lowest BCUT2D eigenvalue weighted by molar-refractivity contribution is 0.114. The largest absolute Gasteiger partial charge is 0.386 e. The van der Waals surface area contributed by atoms with Crippen molar-refractivity contribution in [2.45, 2.75) is 24.4 Å². The monoisotopic (exact) mass is 367 g/mol. The zero-order valence-corrected chi connectivity index (χ0v) is 13.6. The van der Waals surface area contributed by atoms with Crippen molar-refractivity contribution in [2.75, 3.05) is 0 Å². The van der Waals surface area contributed by atoms with Crippen LogP contribution in [0.3, 0.4) is 0 Å². The maximum Gasteiger partial charge on any atom is 0.114 e. The van der Waals surface area contributed by atoms with Crippen LogP contribution in [0.4, 0.5) is 0 Å². The molecule has 1 aromatic carbocycles. The molecule has 1 aliphatic rings. The summed E-state index contributed by atoms with van der Waals surface area (Å²) in [5.41, 5.74) is 1.22. The van der Waals surface area contributed by atoms with Gasteiger partial charge in [-0.25, -0.2) is 0 Å². The molecule has 0 aliphatic heterocycles. The summed E-state index contributed by atoms with van der Waals surface area (Å²) in [6.45, 7) is 0. The Morgan fingerprint density at radius 1 is 1.45 bits per heavy atom. The summed E-state index contributed by atoms with van der Waals surface area (Å²) >= 11 is 10.7. The summed E-state index contributed by atoms with van der Waals surface area (Å²) in [5, 5.41) is 20.5. The van der Waals surface area contributed by atoms with E-state index in [1.807, 2.05) is 24.3 Å². The first-order valence-corrected chi connectivity index (χ1v) is 8.19. The molecule has 0 fully saturated rings. The summed E-state index contributed by atoms with van der Waals surface area (Å²) in [6, 6.07) is 12.0. The van der Waals surface area contributed by atoms with E-state index in [2.05, 4.69) is 22.0 Å². The fourth-order valence-electron chi connectivity index (χ4n) is 2.84. The normalized spacial score (nSPS) is 22.3. The minimum Gasteiger partial charge on any atom is -0.386 e. The van der Waals surface area contributed by atoms with Crippen molar-refractivity contribution in [1.82, 2.24) is 0 Å². The first-order valence-electron chi connectivity index (χ1n) is 6.21. The van der Waals surface area contributed by atoms with Gasteiger partial charge in [0, 0.05) is 9.35 Å². The van der Waals surface area contributed by atoms with Crippen LogP contribution in [-0.2, 0) is 11.8 Å². The smallest absolute Gasteiger partial charge is 0.114 e. The van der Waals surface area contributed by atoms with Crippen molar-refractivity contribution in [2.24, 2.45) is 0 Å². The Labute approximate surface area is 134 Å². The van der Waals surface area contributed by atoms with Crippen molar-refractivity contribution in [3.63, 3.8) is 0 Å². The van der Waals surface area contributed by atoms with Gasteiger partial charge in [-0.3, -0.25) is 0 Å². The van der Waals surface area contributed by atoms with Gasteiger partial charge < -0.3 is 5.11 Å². The molecular weight excluding hydrogens is 358 g/mol. The number of rotatable bonds is 2. The number of aliphatic hydroxyl groups excluding tert-OH is 1. The Morgan fingerprint density at radius 3 is 2.85 bits per heavy atom. The molecule has 102 valence electrons. The van der Waals surface area contributed by atoms with Gasteiger partial charge in [-0.15, -0.1) is 11.3 Å². The van der Waals surface area contributed by atoms with Crippen molar-refractivity contribution >= 4 is 38.9 Å². The number of halogens is 2. The average molecular weight is 369 g/mol. The second-order valence-electron chi connectivity index (χ2n) is 4.91. The second kappa shape index (κ2) is 5.16. The van der Waals surface area contributed by atoms with Crippen molar-refractivity contribution < 1.29 is 5.11 Å². The number of nitrogens with zero attached hydrogens (tertiary/aromatic N) is 1. The molecule has 0 radical (unpaired) electrons. The minimum atomic E-state index is -0.871. The van der Waals surface area contributed by atoms with E-state index < -0.39 is 11.5 Å². The molecule has 1 N–H and O–H groups in total. The highest BCUT2D eigenvalue weighted by molar-refractivity contribution is 9.10. The fourth-order valence-corrected chi connectivity index (χ4v) is 4.66. The molecule has 0 spiro atoms. The Kier molecular flexibility index (Phi) is 3.64. The third-order valence-electron chi connectivity index (χ3n) is 3.89. The van der Waals surface area contributed by atoms with Crippen molar-refractivity contribution in [3.05, 3.63) is 55.1 Å². The highest BCUT2D eigenvalue weighted by Gasteiger charge is 2.46. The number of nitriles is 1. The van der Waals surface area contributed by atoms with E-state index in [1.165, 1.54) is 11.3 Å². The van der Waals surface area contributed by atoms with Crippen LogP contribution < -0.4 is 0 Å². The number of fused-ring (bicyclic) bond motifs is 1. The number of benzene rings is 1. The molecule has 0 amide bonds. The molecule has 1 aliphatic carbocycles. The molecule has 20 heavy (non-hydrogen) atoms. The first kappa shape index (κ1) is 14.1. The van der Waals surface area contributed by atoms with Crippen molar-refractivity contribution in [3.8, 4) is 6.07 Å². The van der Waals surface area contributed by atoms with Crippen LogP contribution in [0.2, 0.25) is 4.34 Å². The summed E-state index contributed by atoms with van der Waals surface area (Å²) in [6.07, 6.45) is 0.600. The summed E-state index contributed by atoms with van der Waals surface area (Å²) in [4.78, 5) is 0.722. The van der Waals surface area contributed by atoms with E-state index in [1.54, 1.807) is 6.07 Å². The molecule has 5 heteroatoms. The maximum atomic E-state index is 10.8. The van der Waals surface area contributed by atoms with Gasteiger partial charge in [0.1, 0.15) is 15.9 Å². The summed E-state index contributed by atoms with van der Waals surface area (Å²) in [5.74, 6) is 0. The van der Waals surface area contributed by atoms with Gasteiger partial charge in [0.2, 0.25) is 0 Å². The number of aryl methyl sites for hydroxylation is 1. The molecule has 1 aromatic heterocycles. The molecule has 0 saturated heterocycles. The van der Waals surface area contributed by atoms with E-state index in [4.69, 9.17) is 11.6 Å². The highest BCUT2D eigenvalue weighted by Crippen LogP contribution is 2.49. The SMILES string of the molecule is N#CC1(C(O)c2cc(Br)c(Cl)s2)CCc2ccccc21. The van der Waals surface area contributed by atoms with E-state index in [0.29, 0.717) is 10.8 Å². The molecule has 0 saturated carbocycles. The Hall–Kier alpha value is -0.860. The lowest BCUT2D eigenvalue weighted by Gasteiger charge is -2.27. The van der Waals surface area contributed by atoms with E-state index in [-0.39, 0.29) is 0 Å². The Balaban J connectivity index is 2.09. The van der Waals surface area contributed by atoms with Crippen LogP contribution in [0.1, 0.15) is 28.5 Å². The van der Waals surface area contributed by atoms with Gasteiger partial charge in [0.05, 0.1) is 6.07 Å². The topological polar surface area (TPSA) is 44.0 Å². The highest BCUT2D eigenvalue weighted by atomic mass is 79.9. The van der Waals surface area contributed by atoms with Crippen LogP contribution in [0.25, 0.3) is 0 Å². The van der Waals surface area contributed by atoms with Gasteiger partial charge in [-0.2, -0.15) is 5.26 Å². The minimum absolute atomic E-state index is 0.596. The molecule has 0 bridgehead atoms. The Morgan fingerprint density at radius 2 is 2.20 bits per heavy atom. The van der Waals surface area contributed by atoms with Gasteiger partial charge in [-0.1, -0.05) is 35.9 Å². The molecule has 2 aromatic rings. The standard InChI is InChI=1S/C15H11BrClNOS/c16-11-7-12(20-14(11)17)13(19)15(8-18)6-5-9-3-1-2-4-10(9)15/h1-4,7,13,19H,5-6H2. The molecule has 1 heterocycles. The quantitative estimate of drug-likeness (QED) is 0.841. The third kappa shape index (κ3) is 2.01. The van der Waals surface area contributed by atoms with Crippen LogP contribution in [0, 0.1) is 11.3 Å². The summed E-state index contributed by atoms with van der Waals surface area (Å²) in [7, 11) is 0. The predicted octanol–water partition coefficient (Wildman–Crippen LogP) is 4.61. The van der Waals surface area contributed by atoms with E-state index in [9.17, 15) is 10.4 Å². The number of hydrogen-bond acceptors (Lipinski definition) is 3. The lowest BCUT2D eigenvalue weighted by atomic mass is 9.77. The Bertz CT molecular complexity index is 689. The van der Waals surface area contributed by atoms with Gasteiger partial charge in [0.25, 0.3) is 0 Å². The molecule has 2 atom stereocenters. The van der Waals surface area contributed by atoms with Crippen LogP contribution in [0.15, 0.2) is 34.8 Å². The molecule has 2 unspecified atom stereocenters. The zero-order chi connectivity index (χ0) is 14.3. The van der Waals surface area contributed by atoms with Crippen molar-refractivity contribution in [1.29, 1.82) is 5.26 Å². The number of hydrogen-bond donors (Lipinski definition) is 1. The summed E-state index contributed by atoms with van der Waals surface area (Å²) < 4.78 is 1.36. The van der Waals surface area contributed by atoms with E-state index in [0.717, 1.165) is 26.9 Å². The van der Waals surface area contributed by atoms with Crippen LogP contribution >= 0.6 is 38.9 Å². The number of thiophene rings is 1. The zero-order valence-electron chi connectivity index (χ0n) is 10.4. The average Bonchev–Trinajstić information content (AvgIpc) is 3.00. The fraction of sp³-hybridized carbons (Fsp3) is 0.267. The van der Waals surface area contributed by atoms with Gasteiger partial charge in [-0.05, 0) is 46.0 Å². The van der Waals surface area contributed by atoms with Gasteiger partial charge >= 0.3 is 0 Å².